The van der Waals surface area contributed by atoms with E-state index in [4.69, 9.17) is 0 Å². The van der Waals surface area contributed by atoms with Crippen LogP contribution in [-0.2, 0) is 6.18 Å². The lowest BCUT2D eigenvalue weighted by Gasteiger charge is -2.23. The minimum Gasteiger partial charge on any atom is -0.256 e. The fourth-order valence-corrected chi connectivity index (χ4v) is 5.28. The van der Waals surface area contributed by atoms with Crippen LogP contribution in [0.25, 0.3) is 49.1 Å². The number of nitrogens with zero attached hydrogens (tertiary/aromatic N) is 1. The largest absolute Gasteiger partial charge is 0.416 e. The Kier molecular flexibility index (Phi) is 5.56. The Hall–Kier alpha value is -4.13. The van der Waals surface area contributed by atoms with E-state index in [1.165, 1.54) is 24.3 Å². The molecular formula is C31H19F6N. The molecule has 190 valence electrons. The molecule has 1 aliphatic rings. The molecule has 1 atom stereocenters. The van der Waals surface area contributed by atoms with Gasteiger partial charge in [0.15, 0.2) is 0 Å². The van der Waals surface area contributed by atoms with E-state index in [1.807, 2.05) is 48.5 Å². The van der Waals surface area contributed by atoms with Crippen molar-refractivity contribution in [2.45, 2.75) is 18.8 Å². The third kappa shape index (κ3) is 4.02. The second kappa shape index (κ2) is 8.72. The minimum absolute atomic E-state index is 0.172. The van der Waals surface area contributed by atoms with Gasteiger partial charge < -0.3 is 0 Å². The Labute approximate surface area is 213 Å². The van der Waals surface area contributed by atoms with Gasteiger partial charge in [0, 0.05) is 22.4 Å². The molecule has 1 nitrogen and oxygen atoms in total. The second-order valence-electron chi connectivity index (χ2n) is 9.34. The molecule has 5 aromatic rings. The standard InChI is InChI=1S/C31H19F6N/c32-30(33,34)20-13-9-18(10-14-20)27-22-5-1-2-6-23(22)28(19-11-15-21(16-12-19)31(35,36)37)29-24-7-3-4-8-26(24)38-17-25(27)29/h1-15,17,21H,16H2. The number of pyridine rings is 1. The molecule has 38 heavy (non-hydrogen) atoms. The summed E-state index contributed by atoms with van der Waals surface area (Å²) < 4.78 is 79.9. The van der Waals surface area contributed by atoms with Crippen molar-refractivity contribution in [2.75, 3.05) is 0 Å². The average molecular weight is 519 g/mol. The number of para-hydroxylation sites is 1. The molecule has 0 radical (unpaired) electrons. The van der Waals surface area contributed by atoms with E-state index in [2.05, 4.69) is 4.98 Å². The molecule has 0 spiro atoms. The molecule has 1 aliphatic carbocycles. The predicted octanol–water partition coefficient (Wildman–Crippen LogP) is 9.75. The van der Waals surface area contributed by atoms with E-state index < -0.39 is 23.8 Å². The van der Waals surface area contributed by atoms with Gasteiger partial charge in [-0.1, -0.05) is 72.8 Å². The van der Waals surface area contributed by atoms with E-state index in [-0.39, 0.29) is 6.42 Å². The van der Waals surface area contributed by atoms with Crippen LogP contribution in [0.15, 0.2) is 97.2 Å². The van der Waals surface area contributed by atoms with Crippen LogP contribution in [0.4, 0.5) is 26.3 Å². The van der Waals surface area contributed by atoms with Crippen molar-refractivity contribution >= 4 is 38.0 Å². The molecule has 4 aromatic carbocycles. The first kappa shape index (κ1) is 24.2. The van der Waals surface area contributed by atoms with E-state index in [0.717, 1.165) is 44.8 Å². The number of alkyl halides is 6. The van der Waals surface area contributed by atoms with E-state index in [1.54, 1.807) is 12.3 Å². The first-order chi connectivity index (χ1) is 18.1. The van der Waals surface area contributed by atoms with Gasteiger partial charge >= 0.3 is 12.4 Å². The van der Waals surface area contributed by atoms with Gasteiger partial charge in [0.1, 0.15) is 0 Å². The number of aromatic nitrogens is 1. The van der Waals surface area contributed by atoms with Crippen molar-refractivity contribution in [3.05, 3.63) is 108 Å². The Bertz CT molecular complexity index is 1760. The highest BCUT2D eigenvalue weighted by atomic mass is 19.4. The molecular weight excluding hydrogens is 500 g/mol. The molecule has 0 saturated heterocycles. The lowest BCUT2D eigenvalue weighted by molar-refractivity contribution is -0.160. The highest BCUT2D eigenvalue weighted by molar-refractivity contribution is 6.25. The summed E-state index contributed by atoms with van der Waals surface area (Å²) in [6.07, 6.45) is -2.92. The van der Waals surface area contributed by atoms with Gasteiger partial charge in [0.25, 0.3) is 0 Å². The van der Waals surface area contributed by atoms with Gasteiger partial charge in [-0.05, 0) is 57.7 Å². The third-order valence-electron chi connectivity index (χ3n) is 7.07. The molecule has 0 fully saturated rings. The normalized spacial score (nSPS) is 16.4. The Balaban J connectivity index is 1.70. The van der Waals surface area contributed by atoms with Gasteiger partial charge in [0.2, 0.25) is 0 Å². The van der Waals surface area contributed by atoms with Crippen molar-refractivity contribution in [1.82, 2.24) is 4.98 Å². The van der Waals surface area contributed by atoms with Crippen molar-refractivity contribution in [2.24, 2.45) is 5.92 Å². The summed E-state index contributed by atoms with van der Waals surface area (Å²) in [6, 6.07) is 20.0. The van der Waals surface area contributed by atoms with E-state index in [9.17, 15) is 26.3 Å². The SMILES string of the molecule is FC(F)(F)c1ccc(-c2c3ccccc3c(C3=CCC(C(F)(F)F)C=C3)c3c2cnc2ccccc23)cc1. The van der Waals surface area contributed by atoms with Crippen LogP contribution in [0.2, 0.25) is 0 Å². The van der Waals surface area contributed by atoms with Crippen LogP contribution in [0.5, 0.6) is 0 Å². The zero-order chi connectivity index (χ0) is 26.7. The Morgan fingerprint density at radius 2 is 1.32 bits per heavy atom. The van der Waals surface area contributed by atoms with E-state index in [0.29, 0.717) is 22.0 Å². The zero-order valence-corrected chi connectivity index (χ0v) is 19.7. The molecule has 0 N–H and O–H groups in total. The minimum atomic E-state index is -4.46. The summed E-state index contributed by atoms with van der Waals surface area (Å²) in [5, 5.41) is 3.90. The molecule has 1 aromatic heterocycles. The smallest absolute Gasteiger partial charge is 0.256 e. The quantitative estimate of drug-likeness (QED) is 0.129. The molecule has 6 rings (SSSR count). The number of benzene rings is 4. The third-order valence-corrected chi connectivity index (χ3v) is 7.07. The topological polar surface area (TPSA) is 12.9 Å². The highest BCUT2D eigenvalue weighted by Gasteiger charge is 2.38. The Morgan fingerprint density at radius 3 is 1.92 bits per heavy atom. The lowest BCUT2D eigenvalue weighted by atomic mass is 9.83. The van der Waals surface area contributed by atoms with Crippen LogP contribution in [-0.4, -0.2) is 11.2 Å². The van der Waals surface area contributed by atoms with Crippen molar-refractivity contribution in [3.8, 4) is 11.1 Å². The van der Waals surface area contributed by atoms with Crippen LogP contribution in [0, 0.1) is 5.92 Å². The number of halogens is 6. The fraction of sp³-hybridized carbons (Fsp3) is 0.129. The molecule has 7 heteroatoms. The van der Waals surface area contributed by atoms with Gasteiger partial charge in [-0.25, -0.2) is 0 Å². The van der Waals surface area contributed by atoms with Crippen LogP contribution in [0.3, 0.4) is 0 Å². The highest BCUT2D eigenvalue weighted by Crippen LogP contribution is 2.46. The lowest BCUT2D eigenvalue weighted by Crippen LogP contribution is -2.21. The number of rotatable bonds is 2. The summed E-state index contributed by atoms with van der Waals surface area (Å²) in [4.78, 5) is 4.62. The molecule has 0 aliphatic heterocycles. The van der Waals surface area contributed by atoms with Gasteiger partial charge in [-0.15, -0.1) is 0 Å². The summed E-state index contributed by atoms with van der Waals surface area (Å²) in [7, 11) is 0. The molecule has 0 bridgehead atoms. The molecule has 0 amide bonds. The van der Waals surface area contributed by atoms with Crippen LogP contribution >= 0.6 is 0 Å². The van der Waals surface area contributed by atoms with E-state index >= 15 is 0 Å². The fourth-order valence-electron chi connectivity index (χ4n) is 5.28. The first-order valence-corrected chi connectivity index (χ1v) is 12.0. The summed E-state index contributed by atoms with van der Waals surface area (Å²) in [6.45, 7) is 0. The number of hydrogen-bond acceptors (Lipinski definition) is 1. The average Bonchev–Trinajstić information content (AvgIpc) is 2.91. The van der Waals surface area contributed by atoms with Gasteiger partial charge in [0.05, 0.1) is 17.0 Å². The van der Waals surface area contributed by atoms with Gasteiger partial charge in [-0.2, -0.15) is 26.3 Å². The number of fused-ring (bicyclic) bond motifs is 4. The van der Waals surface area contributed by atoms with Gasteiger partial charge in [-0.3, -0.25) is 4.98 Å². The maximum atomic E-state index is 13.4. The van der Waals surface area contributed by atoms with Crippen LogP contribution < -0.4 is 0 Å². The summed E-state index contributed by atoms with van der Waals surface area (Å²) in [5.74, 6) is -1.55. The Morgan fingerprint density at radius 1 is 0.684 bits per heavy atom. The second-order valence-corrected chi connectivity index (χ2v) is 9.34. The van der Waals surface area contributed by atoms with Crippen molar-refractivity contribution < 1.29 is 26.3 Å². The van der Waals surface area contributed by atoms with Crippen molar-refractivity contribution in [3.63, 3.8) is 0 Å². The first-order valence-electron chi connectivity index (χ1n) is 12.0. The molecule has 1 unspecified atom stereocenters. The summed E-state index contributed by atoms with van der Waals surface area (Å²) in [5.41, 5.74) is 2.73. The number of hydrogen-bond donors (Lipinski definition) is 0. The van der Waals surface area contributed by atoms with Crippen molar-refractivity contribution in [1.29, 1.82) is 0 Å². The zero-order valence-electron chi connectivity index (χ0n) is 19.7. The maximum Gasteiger partial charge on any atom is 0.416 e. The van der Waals surface area contributed by atoms with Crippen LogP contribution in [0.1, 0.15) is 17.5 Å². The number of allylic oxidation sites excluding steroid dienone is 4. The molecule has 0 saturated carbocycles. The molecule has 1 heterocycles. The monoisotopic (exact) mass is 519 g/mol. The maximum absolute atomic E-state index is 13.4. The predicted molar refractivity (Wildman–Crippen MR) is 138 cm³/mol. The summed E-state index contributed by atoms with van der Waals surface area (Å²) >= 11 is 0.